The minimum Gasteiger partial charge on any atom is -0.357 e. The van der Waals surface area contributed by atoms with Gasteiger partial charge in [-0.1, -0.05) is 33.1 Å². The summed E-state index contributed by atoms with van der Waals surface area (Å²) in [6, 6.07) is 0. The van der Waals surface area contributed by atoms with Crippen LogP contribution in [0.5, 0.6) is 0 Å². The van der Waals surface area contributed by atoms with Gasteiger partial charge in [-0.15, -0.1) is 24.0 Å². The van der Waals surface area contributed by atoms with Crippen molar-refractivity contribution in [1.82, 2.24) is 10.6 Å². The average Bonchev–Trinajstić information content (AvgIpc) is 2.84. The highest BCUT2D eigenvalue weighted by atomic mass is 127. The number of nitrogens with one attached hydrogen (secondary N) is 2. The van der Waals surface area contributed by atoms with Gasteiger partial charge in [-0.3, -0.25) is 4.99 Å². The first-order chi connectivity index (χ1) is 10.5. The van der Waals surface area contributed by atoms with Crippen LogP contribution < -0.4 is 10.6 Å². The van der Waals surface area contributed by atoms with Gasteiger partial charge in [0, 0.05) is 19.6 Å². The lowest BCUT2D eigenvalue weighted by molar-refractivity contribution is 0.460. The highest BCUT2D eigenvalue weighted by molar-refractivity contribution is 14.0. The Balaban J connectivity index is 0.00000484. The first-order valence-corrected chi connectivity index (χ1v) is 10.5. The first kappa shape index (κ1) is 22.9. The van der Waals surface area contributed by atoms with E-state index in [4.69, 9.17) is 0 Å². The number of nitrogens with zero attached hydrogens (tertiary/aromatic N) is 1. The summed E-state index contributed by atoms with van der Waals surface area (Å²) < 4.78 is 23.0. The summed E-state index contributed by atoms with van der Waals surface area (Å²) in [4.78, 5) is 4.68. The number of hydrogen-bond acceptors (Lipinski definition) is 3. The Bertz CT molecular complexity index is 441. The number of guanidine groups is 1. The molecular weight excluding hydrogens is 425 g/mol. The van der Waals surface area contributed by atoms with Crippen LogP contribution in [-0.4, -0.2) is 45.5 Å². The van der Waals surface area contributed by atoms with Gasteiger partial charge in [-0.05, 0) is 31.6 Å². The Labute approximate surface area is 159 Å². The highest BCUT2D eigenvalue weighted by Crippen LogP contribution is 2.17. The maximum absolute atomic E-state index is 11.5. The second-order valence-electron chi connectivity index (χ2n) is 6.29. The number of aliphatic imine (C=N–C) groups is 1. The summed E-state index contributed by atoms with van der Waals surface area (Å²) in [6.45, 7) is 8.84. The maximum Gasteiger partial charge on any atom is 0.191 e. The zero-order chi connectivity index (χ0) is 16.4. The van der Waals surface area contributed by atoms with E-state index in [1.165, 1.54) is 19.3 Å². The van der Waals surface area contributed by atoms with Gasteiger partial charge in [0.2, 0.25) is 0 Å². The van der Waals surface area contributed by atoms with Crippen molar-refractivity contribution in [2.75, 3.05) is 31.1 Å². The largest absolute Gasteiger partial charge is 0.357 e. The minimum absolute atomic E-state index is 0. The fraction of sp³-hybridized carbons (Fsp3) is 0.938. The second-order valence-corrected chi connectivity index (χ2v) is 8.51. The molecule has 1 fully saturated rings. The maximum atomic E-state index is 11.5. The fourth-order valence-corrected chi connectivity index (χ4v) is 4.62. The standard InChI is InChI=1S/C16H33N3O2S.HI/c1-4-7-8-14(5-2)11-18-16(17-6-3)19-12-15-9-10-22(20,21)13-15;/h14-15H,4-13H2,1-3H3,(H2,17,18,19);1H. The van der Waals surface area contributed by atoms with E-state index < -0.39 is 9.84 Å². The fourth-order valence-electron chi connectivity index (χ4n) is 2.75. The van der Waals surface area contributed by atoms with E-state index >= 15 is 0 Å². The van der Waals surface area contributed by atoms with E-state index in [1.807, 2.05) is 6.92 Å². The van der Waals surface area contributed by atoms with Crippen LogP contribution in [0.15, 0.2) is 4.99 Å². The molecule has 23 heavy (non-hydrogen) atoms. The Morgan fingerprint density at radius 3 is 2.52 bits per heavy atom. The van der Waals surface area contributed by atoms with Crippen molar-refractivity contribution < 1.29 is 8.42 Å². The lowest BCUT2D eigenvalue weighted by Gasteiger charge is -2.16. The molecule has 2 unspecified atom stereocenters. The Kier molecular flexibility index (Phi) is 12.3. The highest BCUT2D eigenvalue weighted by Gasteiger charge is 2.27. The normalized spacial score (nSPS) is 21.5. The predicted molar refractivity (Wildman–Crippen MR) is 109 cm³/mol. The molecule has 1 aliphatic rings. The van der Waals surface area contributed by atoms with E-state index in [2.05, 4.69) is 29.5 Å². The second kappa shape index (κ2) is 12.3. The van der Waals surface area contributed by atoms with Crippen molar-refractivity contribution in [3.63, 3.8) is 0 Å². The van der Waals surface area contributed by atoms with Crippen molar-refractivity contribution in [2.24, 2.45) is 16.8 Å². The third-order valence-electron chi connectivity index (χ3n) is 4.28. The predicted octanol–water partition coefficient (Wildman–Crippen LogP) is 2.81. The average molecular weight is 459 g/mol. The summed E-state index contributed by atoms with van der Waals surface area (Å²) in [5.74, 6) is 2.33. The monoisotopic (exact) mass is 459 g/mol. The number of rotatable bonds is 9. The zero-order valence-corrected chi connectivity index (χ0v) is 18.0. The molecule has 0 saturated carbocycles. The number of unbranched alkanes of at least 4 members (excludes halogenated alkanes) is 1. The van der Waals surface area contributed by atoms with Crippen LogP contribution in [-0.2, 0) is 9.84 Å². The summed E-state index contributed by atoms with van der Waals surface area (Å²) in [6.07, 6.45) is 5.65. The smallest absolute Gasteiger partial charge is 0.191 e. The molecule has 5 nitrogen and oxygen atoms in total. The minimum atomic E-state index is -2.80. The summed E-state index contributed by atoms with van der Waals surface area (Å²) in [7, 11) is -2.80. The van der Waals surface area contributed by atoms with Crippen LogP contribution in [0, 0.1) is 11.8 Å². The van der Waals surface area contributed by atoms with Gasteiger partial charge in [-0.25, -0.2) is 8.42 Å². The van der Waals surface area contributed by atoms with Gasteiger partial charge in [0.05, 0.1) is 11.5 Å². The van der Waals surface area contributed by atoms with Crippen LogP contribution in [0.2, 0.25) is 0 Å². The van der Waals surface area contributed by atoms with Gasteiger partial charge in [-0.2, -0.15) is 0 Å². The zero-order valence-electron chi connectivity index (χ0n) is 14.8. The van der Waals surface area contributed by atoms with E-state index in [-0.39, 0.29) is 29.9 Å². The Morgan fingerprint density at radius 1 is 1.26 bits per heavy atom. The molecule has 1 rings (SSSR count). The molecular formula is C16H34IN3O2S. The molecule has 1 aliphatic heterocycles. The molecule has 0 spiro atoms. The Morgan fingerprint density at radius 2 is 2.00 bits per heavy atom. The molecule has 138 valence electrons. The molecule has 0 amide bonds. The van der Waals surface area contributed by atoms with Crippen LogP contribution in [0.3, 0.4) is 0 Å². The lowest BCUT2D eigenvalue weighted by atomic mass is 10.00. The van der Waals surface area contributed by atoms with E-state index in [0.717, 1.165) is 31.9 Å². The van der Waals surface area contributed by atoms with Gasteiger partial charge < -0.3 is 10.6 Å². The number of halogens is 1. The topological polar surface area (TPSA) is 70.6 Å². The van der Waals surface area contributed by atoms with Gasteiger partial charge in [0.25, 0.3) is 0 Å². The lowest BCUT2D eigenvalue weighted by Crippen LogP contribution is -2.40. The molecule has 0 bridgehead atoms. The summed E-state index contributed by atoms with van der Waals surface area (Å²) in [5, 5.41) is 6.56. The van der Waals surface area contributed by atoms with Crippen molar-refractivity contribution >= 4 is 39.8 Å². The van der Waals surface area contributed by atoms with E-state index in [1.54, 1.807) is 0 Å². The molecule has 0 aromatic heterocycles. The summed E-state index contributed by atoms with van der Waals surface area (Å²) in [5.41, 5.74) is 0. The molecule has 1 saturated heterocycles. The van der Waals surface area contributed by atoms with Crippen LogP contribution in [0.25, 0.3) is 0 Å². The molecule has 2 atom stereocenters. The Hall–Kier alpha value is -0.0500. The third-order valence-corrected chi connectivity index (χ3v) is 6.12. The van der Waals surface area contributed by atoms with Crippen molar-refractivity contribution in [3.05, 3.63) is 0 Å². The van der Waals surface area contributed by atoms with Crippen molar-refractivity contribution in [3.8, 4) is 0 Å². The first-order valence-electron chi connectivity index (χ1n) is 8.73. The number of sulfone groups is 1. The third kappa shape index (κ3) is 9.74. The van der Waals surface area contributed by atoms with Crippen LogP contribution in [0.1, 0.15) is 52.9 Å². The van der Waals surface area contributed by atoms with Crippen molar-refractivity contribution in [2.45, 2.75) is 52.9 Å². The van der Waals surface area contributed by atoms with Crippen molar-refractivity contribution in [1.29, 1.82) is 0 Å². The van der Waals surface area contributed by atoms with E-state index in [0.29, 0.717) is 24.0 Å². The van der Waals surface area contributed by atoms with Gasteiger partial charge in [0.15, 0.2) is 15.8 Å². The van der Waals surface area contributed by atoms with Gasteiger partial charge in [0.1, 0.15) is 0 Å². The molecule has 7 heteroatoms. The molecule has 1 heterocycles. The van der Waals surface area contributed by atoms with E-state index in [9.17, 15) is 8.42 Å². The molecule has 0 aromatic rings. The molecule has 2 N–H and O–H groups in total. The molecule has 0 radical (unpaired) electrons. The number of hydrogen-bond donors (Lipinski definition) is 2. The van der Waals surface area contributed by atoms with Gasteiger partial charge >= 0.3 is 0 Å². The quantitative estimate of drug-likeness (QED) is 0.316. The SMILES string of the molecule is CCCCC(CC)CN=C(NCC)NCC1CCS(=O)(=O)C1.I. The van der Waals surface area contributed by atoms with Crippen LogP contribution in [0.4, 0.5) is 0 Å². The summed E-state index contributed by atoms with van der Waals surface area (Å²) >= 11 is 0. The molecule has 0 aromatic carbocycles. The molecule has 0 aliphatic carbocycles. The van der Waals surface area contributed by atoms with Crippen LogP contribution >= 0.6 is 24.0 Å².